The first-order valence-corrected chi connectivity index (χ1v) is 6.82. The van der Waals surface area contributed by atoms with E-state index < -0.39 is 0 Å². The van der Waals surface area contributed by atoms with E-state index in [-0.39, 0.29) is 22.8 Å². The van der Waals surface area contributed by atoms with Crippen LogP contribution in [0.5, 0.6) is 0 Å². The van der Waals surface area contributed by atoms with E-state index in [0.717, 1.165) is 16.8 Å². The first-order chi connectivity index (χ1) is 10.3. The van der Waals surface area contributed by atoms with E-state index in [1.54, 1.807) is 10.9 Å². The first-order valence-electron chi connectivity index (χ1n) is 6.82. The van der Waals surface area contributed by atoms with Crippen LogP contribution >= 0.6 is 0 Å². The van der Waals surface area contributed by atoms with Crippen LogP contribution in [-0.4, -0.2) is 10.8 Å². The third-order valence-electron chi connectivity index (χ3n) is 3.26. The van der Waals surface area contributed by atoms with Gasteiger partial charge in [0.2, 0.25) is 5.78 Å². The topological polar surface area (TPSA) is 33.8 Å². The lowest BCUT2D eigenvalue weighted by molar-refractivity contribution is -0.686. The fourth-order valence-electron chi connectivity index (χ4n) is 2.14. The summed E-state index contributed by atoms with van der Waals surface area (Å²) in [5.41, 5.74) is 2.69. The highest BCUT2D eigenvalue weighted by Crippen LogP contribution is 2.13. The Balaban J connectivity index is 0.00000176. The normalized spacial score (nSPS) is 9.82. The quantitative estimate of drug-likeness (QED) is 0.485. The van der Waals surface area contributed by atoms with E-state index in [1.807, 2.05) is 72.9 Å². The Morgan fingerprint density at radius 2 is 1.55 bits per heavy atom. The van der Waals surface area contributed by atoms with Crippen LogP contribution in [0.3, 0.4) is 0 Å². The van der Waals surface area contributed by atoms with Gasteiger partial charge in [-0.15, -0.1) is 0 Å². The monoisotopic (exact) mass is 354 g/mol. The SMILES string of the molecule is O=C(C[n+]1ccc(-c2ccccc2)nc1)c1ccccc1.[Br-]. The summed E-state index contributed by atoms with van der Waals surface area (Å²) in [6, 6.07) is 21.2. The van der Waals surface area contributed by atoms with Crippen LogP contribution in [0, 0.1) is 0 Å². The lowest BCUT2D eigenvalue weighted by atomic mass is 10.1. The van der Waals surface area contributed by atoms with Crippen molar-refractivity contribution in [2.75, 3.05) is 0 Å². The van der Waals surface area contributed by atoms with Gasteiger partial charge in [-0.25, -0.2) is 4.57 Å². The van der Waals surface area contributed by atoms with Gasteiger partial charge in [-0.05, 0) is 4.98 Å². The highest BCUT2D eigenvalue weighted by atomic mass is 79.9. The van der Waals surface area contributed by atoms with E-state index in [9.17, 15) is 4.79 Å². The molecule has 110 valence electrons. The molecular weight excluding hydrogens is 340 g/mol. The minimum Gasteiger partial charge on any atom is -1.00 e. The number of hydrogen-bond donors (Lipinski definition) is 0. The number of halogens is 1. The zero-order valence-corrected chi connectivity index (χ0v) is 13.5. The predicted molar refractivity (Wildman–Crippen MR) is 80.6 cm³/mol. The Morgan fingerprint density at radius 3 is 2.14 bits per heavy atom. The zero-order chi connectivity index (χ0) is 14.5. The second-order valence-electron chi connectivity index (χ2n) is 4.77. The number of Topliss-reactive ketones (excluding diaryl/α,β-unsaturated/α-hetero) is 1. The molecule has 0 bridgehead atoms. The van der Waals surface area contributed by atoms with E-state index in [4.69, 9.17) is 0 Å². The highest BCUT2D eigenvalue weighted by Gasteiger charge is 2.11. The smallest absolute Gasteiger partial charge is 0.287 e. The summed E-state index contributed by atoms with van der Waals surface area (Å²) >= 11 is 0. The van der Waals surface area contributed by atoms with Gasteiger partial charge in [0.1, 0.15) is 0 Å². The molecule has 0 aliphatic rings. The number of carbonyl (C=O) groups excluding carboxylic acids is 1. The fraction of sp³-hybridized carbons (Fsp3) is 0.0556. The Morgan fingerprint density at radius 1 is 0.909 bits per heavy atom. The summed E-state index contributed by atoms with van der Waals surface area (Å²) in [5.74, 6) is 0.0786. The van der Waals surface area contributed by atoms with Crippen LogP contribution in [0.2, 0.25) is 0 Å². The molecular formula is C18H15BrN2O. The number of ketones is 1. The molecule has 0 amide bonds. The van der Waals surface area contributed by atoms with Crippen molar-refractivity contribution in [1.29, 1.82) is 0 Å². The average Bonchev–Trinajstić information content (AvgIpc) is 2.57. The minimum atomic E-state index is 0. The number of carbonyl (C=O) groups is 1. The Hall–Kier alpha value is -2.33. The fourth-order valence-corrected chi connectivity index (χ4v) is 2.14. The molecule has 0 saturated carbocycles. The number of aromatic nitrogens is 2. The molecule has 1 aromatic heterocycles. The molecule has 4 heteroatoms. The minimum absolute atomic E-state index is 0. The summed E-state index contributed by atoms with van der Waals surface area (Å²) in [6.07, 6.45) is 3.58. The first kappa shape index (κ1) is 16.0. The lowest BCUT2D eigenvalue weighted by Crippen LogP contribution is -3.00. The molecule has 1 heterocycles. The third-order valence-corrected chi connectivity index (χ3v) is 3.26. The van der Waals surface area contributed by atoms with Gasteiger partial charge in [0.15, 0.2) is 12.2 Å². The van der Waals surface area contributed by atoms with Gasteiger partial charge in [0, 0.05) is 17.2 Å². The van der Waals surface area contributed by atoms with Crippen molar-refractivity contribution in [3.8, 4) is 11.3 Å². The second kappa shape index (κ2) is 7.61. The zero-order valence-electron chi connectivity index (χ0n) is 11.9. The van der Waals surface area contributed by atoms with Crippen molar-refractivity contribution in [2.24, 2.45) is 0 Å². The van der Waals surface area contributed by atoms with Crippen LogP contribution in [0.25, 0.3) is 11.3 Å². The number of hydrogen-bond acceptors (Lipinski definition) is 2. The van der Waals surface area contributed by atoms with E-state index in [0.29, 0.717) is 6.54 Å². The molecule has 0 fully saturated rings. The number of benzene rings is 2. The Labute approximate surface area is 140 Å². The standard InChI is InChI=1S/C18H15N2O.BrH/c21-18(16-9-5-2-6-10-16)13-20-12-11-17(19-14-20)15-7-3-1-4-8-15;/h1-12,14H,13H2;1H/q+1;/p-1. The molecule has 3 rings (SSSR count). The number of nitrogens with zero attached hydrogens (tertiary/aromatic N) is 2. The van der Waals surface area contributed by atoms with Crippen LogP contribution < -0.4 is 21.5 Å². The van der Waals surface area contributed by atoms with Crippen molar-refractivity contribution in [3.05, 3.63) is 84.8 Å². The van der Waals surface area contributed by atoms with E-state index >= 15 is 0 Å². The number of rotatable bonds is 4. The Bertz CT molecular complexity index is 728. The third kappa shape index (κ3) is 3.86. The van der Waals surface area contributed by atoms with Crippen LogP contribution in [0.4, 0.5) is 0 Å². The van der Waals surface area contributed by atoms with Crippen LogP contribution in [0.1, 0.15) is 10.4 Å². The van der Waals surface area contributed by atoms with Gasteiger partial charge in [0.25, 0.3) is 6.33 Å². The predicted octanol–water partition coefficient (Wildman–Crippen LogP) is -0.0770. The molecule has 0 atom stereocenters. The summed E-state index contributed by atoms with van der Waals surface area (Å²) in [5, 5.41) is 0. The molecule has 0 saturated heterocycles. The molecule has 22 heavy (non-hydrogen) atoms. The van der Waals surface area contributed by atoms with Gasteiger partial charge in [-0.1, -0.05) is 60.7 Å². The van der Waals surface area contributed by atoms with Crippen molar-refractivity contribution < 1.29 is 26.3 Å². The van der Waals surface area contributed by atoms with E-state index in [1.165, 1.54) is 0 Å². The summed E-state index contributed by atoms with van der Waals surface area (Å²) in [7, 11) is 0. The van der Waals surface area contributed by atoms with Gasteiger partial charge in [-0.3, -0.25) is 4.79 Å². The van der Waals surface area contributed by atoms with Crippen molar-refractivity contribution in [1.82, 2.24) is 4.98 Å². The summed E-state index contributed by atoms with van der Waals surface area (Å²) < 4.78 is 1.79. The maximum Gasteiger partial charge on any atom is 0.287 e. The Kier molecular flexibility index (Phi) is 5.55. The molecule has 0 N–H and O–H groups in total. The highest BCUT2D eigenvalue weighted by molar-refractivity contribution is 5.94. The molecule has 2 aromatic carbocycles. The molecule has 0 aliphatic carbocycles. The van der Waals surface area contributed by atoms with Crippen molar-refractivity contribution in [2.45, 2.75) is 6.54 Å². The maximum absolute atomic E-state index is 12.1. The molecule has 3 aromatic rings. The molecule has 3 nitrogen and oxygen atoms in total. The maximum atomic E-state index is 12.1. The average molecular weight is 355 g/mol. The van der Waals surface area contributed by atoms with Gasteiger partial charge >= 0.3 is 0 Å². The van der Waals surface area contributed by atoms with Gasteiger partial charge in [-0.2, -0.15) is 0 Å². The van der Waals surface area contributed by atoms with Crippen molar-refractivity contribution >= 4 is 5.78 Å². The molecule has 0 unspecified atom stereocenters. The summed E-state index contributed by atoms with van der Waals surface area (Å²) in [4.78, 5) is 16.5. The molecule has 0 radical (unpaired) electrons. The van der Waals surface area contributed by atoms with Crippen LogP contribution in [-0.2, 0) is 6.54 Å². The molecule has 0 spiro atoms. The van der Waals surface area contributed by atoms with E-state index in [2.05, 4.69) is 4.98 Å². The second-order valence-corrected chi connectivity index (χ2v) is 4.77. The van der Waals surface area contributed by atoms with Crippen LogP contribution in [0.15, 0.2) is 79.3 Å². The van der Waals surface area contributed by atoms with Gasteiger partial charge < -0.3 is 17.0 Å². The molecule has 0 aliphatic heterocycles. The largest absolute Gasteiger partial charge is 1.00 e. The summed E-state index contributed by atoms with van der Waals surface area (Å²) in [6.45, 7) is 0.298. The lowest BCUT2D eigenvalue weighted by Gasteiger charge is -2.00. The van der Waals surface area contributed by atoms with Gasteiger partial charge in [0.05, 0.1) is 6.20 Å². The van der Waals surface area contributed by atoms with Crippen molar-refractivity contribution in [3.63, 3.8) is 0 Å².